The fraction of sp³-hybridized carbons (Fsp3) is 0.409. The highest BCUT2D eigenvalue weighted by Crippen LogP contribution is 2.33. The molecule has 3 rings (SSSR count). The number of anilines is 1. The Balaban J connectivity index is 1.95. The van der Waals surface area contributed by atoms with E-state index in [4.69, 9.17) is 4.74 Å². The molecule has 2 aromatic rings. The van der Waals surface area contributed by atoms with Gasteiger partial charge in [-0.3, -0.25) is 4.68 Å². The summed E-state index contributed by atoms with van der Waals surface area (Å²) in [6, 6.07) is 3.38. The lowest BCUT2D eigenvalue weighted by Crippen LogP contribution is -2.22. The van der Waals surface area contributed by atoms with E-state index in [1.165, 1.54) is 13.2 Å². The van der Waals surface area contributed by atoms with E-state index < -0.39 is 11.7 Å². The predicted octanol–water partition coefficient (Wildman–Crippen LogP) is 5.49. The molecular formula is C22H26F3N5O. The number of nitrogens with one attached hydrogen (secondary N) is 1. The number of hydrogen-bond donors (Lipinski definition) is 1. The third kappa shape index (κ3) is 5.53. The van der Waals surface area contributed by atoms with E-state index in [-0.39, 0.29) is 6.04 Å². The summed E-state index contributed by atoms with van der Waals surface area (Å²) in [5, 5.41) is 7.88. The Labute approximate surface area is 179 Å². The van der Waals surface area contributed by atoms with E-state index in [1.807, 2.05) is 10.7 Å². The maximum absolute atomic E-state index is 13.4. The number of ether oxygens (including phenoxy) is 1. The number of alkyl halides is 3. The zero-order valence-corrected chi connectivity index (χ0v) is 17.8. The van der Waals surface area contributed by atoms with E-state index in [1.54, 1.807) is 38.3 Å². The molecule has 0 aromatic carbocycles. The van der Waals surface area contributed by atoms with Gasteiger partial charge in [0.25, 0.3) is 0 Å². The van der Waals surface area contributed by atoms with Crippen LogP contribution in [0, 0.1) is 0 Å². The third-order valence-electron chi connectivity index (χ3n) is 4.88. The van der Waals surface area contributed by atoms with Crippen LogP contribution >= 0.6 is 0 Å². The SMILES string of the molecule is C\C=C/C(=C\C(=C\CC)C(F)(F)F)c1cc2n(n1)CCCC2Nc1nccc(OC)n1. The van der Waals surface area contributed by atoms with Gasteiger partial charge >= 0.3 is 6.18 Å². The fourth-order valence-electron chi connectivity index (χ4n) is 3.48. The highest BCUT2D eigenvalue weighted by atomic mass is 19.4. The molecule has 0 fully saturated rings. The summed E-state index contributed by atoms with van der Waals surface area (Å²) in [5.74, 6) is 0.873. The monoisotopic (exact) mass is 433 g/mol. The van der Waals surface area contributed by atoms with Crippen molar-refractivity contribution in [1.29, 1.82) is 0 Å². The fourth-order valence-corrected chi connectivity index (χ4v) is 3.48. The van der Waals surface area contributed by atoms with Crippen LogP contribution in [0.1, 0.15) is 50.5 Å². The molecule has 1 aliphatic rings. The Morgan fingerprint density at radius 2 is 2.19 bits per heavy atom. The van der Waals surface area contributed by atoms with E-state index >= 15 is 0 Å². The second-order valence-electron chi connectivity index (χ2n) is 7.10. The number of methoxy groups -OCH3 is 1. The molecule has 1 atom stereocenters. The Bertz CT molecular complexity index is 991. The van der Waals surface area contributed by atoms with E-state index in [2.05, 4.69) is 20.4 Å². The standard InChI is InChI=1S/C22H26F3N5O/c1-4-7-15(13-16(8-5-2)22(23,24)25)18-14-19-17(9-6-12-30(19)29-18)27-21-26-11-10-20(28-21)31-3/h4,7-8,10-11,13-14,17H,5-6,9,12H2,1-3H3,(H,26,27,28)/b7-4-,15-13+,16-8-. The molecule has 0 saturated carbocycles. The Morgan fingerprint density at radius 3 is 2.87 bits per heavy atom. The third-order valence-corrected chi connectivity index (χ3v) is 4.88. The highest BCUT2D eigenvalue weighted by Gasteiger charge is 2.32. The molecule has 6 nitrogen and oxygen atoms in total. The largest absolute Gasteiger partial charge is 0.481 e. The van der Waals surface area contributed by atoms with Crippen LogP contribution in [-0.2, 0) is 6.54 Å². The molecule has 0 saturated heterocycles. The summed E-state index contributed by atoms with van der Waals surface area (Å²) in [7, 11) is 1.53. The maximum atomic E-state index is 13.4. The molecule has 0 spiro atoms. The van der Waals surface area contributed by atoms with Crippen LogP contribution in [-0.4, -0.2) is 33.0 Å². The Morgan fingerprint density at radius 1 is 1.39 bits per heavy atom. The van der Waals surface area contributed by atoms with Crippen molar-refractivity contribution in [1.82, 2.24) is 19.7 Å². The predicted molar refractivity (Wildman–Crippen MR) is 114 cm³/mol. The molecule has 0 aliphatic carbocycles. The number of aromatic nitrogens is 4. The number of fused-ring (bicyclic) bond motifs is 1. The first-order valence-electron chi connectivity index (χ1n) is 10.2. The van der Waals surface area contributed by atoms with E-state index in [0.717, 1.165) is 24.6 Å². The van der Waals surface area contributed by atoms with Gasteiger partial charge in [0.2, 0.25) is 11.8 Å². The van der Waals surface area contributed by atoms with Crippen LogP contribution in [0.3, 0.4) is 0 Å². The van der Waals surface area contributed by atoms with Crippen LogP contribution in [0.2, 0.25) is 0 Å². The van der Waals surface area contributed by atoms with Gasteiger partial charge in [0, 0.05) is 24.4 Å². The summed E-state index contributed by atoms with van der Waals surface area (Å²) in [5.41, 5.74) is 1.13. The second-order valence-corrected chi connectivity index (χ2v) is 7.10. The van der Waals surface area contributed by atoms with Gasteiger partial charge in [0.1, 0.15) is 0 Å². The second kappa shape index (κ2) is 9.80. The minimum absolute atomic E-state index is 0.109. The van der Waals surface area contributed by atoms with Crippen molar-refractivity contribution in [3.05, 3.63) is 59.6 Å². The van der Waals surface area contributed by atoms with Crippen LogP contribution in [0.25, 0.3) is 5.57 Å². The van der Waals surface area contributed by atoms with Crippen LogP contribution in [0.15, 0.2) is 48.2 Å². The van der Waals surface area contributed by atoms with Crippen molar-refractivity contribution in [2.75, 3.05) is 12.4 Å². The van der Waals surface area contributed by atoms with Gasteiger partial charge < -0.3 is 10.1 Å². The average Bonchev–Trinajstić information content (AvgIpc) is 3.17. The molecule has 0 amide bonds. The molecule has 31 heavy (non-hydrogen) atoms. The zero-order valence-electron chi connectivity index (χ0n) is 17.8. The quantitative estimate of drug-likeness (QED) is 0.585. The van der Waals surface area contributed by atoms with Gasteiger partial charge in [-0.05, 0) is 38.3 Å². The summed E-state index contributed by atoms with van der Waals surface area (Å²) in [6.07, 6.45) is 4.89. The first-order chi connectivity index (χ1) is 14.9. The van der Waals surface area contributed by atoms with Crippen LogP contribution < -0.4 is 10.1 Å². The molecule has 3 heterocycles. The molecule has 1 N–H and O–H groups in total. The molecule has 2 aromatic heterocycles. The lowest BCUT2D eigenvalue weighted by Gasteiger charge is -2.24. The maximum Gasteiger partial charge on any atom is 0.416 e. The first-order valence-corrected chi connectivity index (χ1v) is 10.2. The minimum atomic E-state index is -4.42. The number of allylic oxidation sites excluding steroid dienone is 6. The molecule has 1 unspecified atom stereocenters. The molecule has 0 radical (unpaired) electrons. The minimum Gasteiger partial charge on any atom is -0.481 e. The van der Waals surface area contributed by atoms with Crippen molar-refractivity contribution in [2.45, 2.75) is 51.9 Å². The molecule has 0 bridgehead atoms. The van der Waals surface area contributed by atoms with Gasteiger partial charge in [0.15, 0.2) is 0 Å². The lowest BCUT2D eigenvalue weighted by atomic mass is 10.0. The molecule has 1 aliphatic heterocycles. The molecule has 9 heteroatoms. The average molecular weight is 433 g/mol. The van der Waals surface area contributed by atoms with Crippen molar-refractivity contribution < 1.29 is 17.9 Å². The van der Waals surface area contributed by atoms with E-state index in [9.17, 15) is 13.2 Å². The number of rotatable bonds is 7. The number of hydrogen-bond acceptors (Lipinski definition) is 5. The van der Waals surface area contributed by atoms with Crippen molar-refractivity contribution in [2.24, 2.45) is 0 Å². The van der Waals surface area contributed by atoms with E-state index in [0.29, 0.717) is 36.1 Å². The summed E-state index contributed by atoms with van der Waals surface area (Å²) >= 11 is 0. The van der Waals surface area contributed by atoms with Crippen LogP contribution in [0.4, 0.5) is 19.1 Å². The van der Waals surface area contributed by atoms with Gasteiger partial charge in [0.05, 0.1) is 30.1 Å². The Hall–Kier alpha value is -3.10. The van der Waals surface area contributed by atoms with Crippen LogP contribution in [0.5, 0.6) is 5.88 Å². The van der Waals surface area contributed by atoms with Gasteiger partial charge in [-0.25, -0.2) is 4.98 Å². The molecular weight excluding hydrogens is 407 g/mol. The van der Waals surface area contributed by atoms with Gasteiger partial charge in [-0.1, -0.05) is 25.2 Å². The zero-order chi connectivity index (χ0) is 22.4. The summed E-state index contributed by atoms with van der Waals surface area (Å²) in [6.45, 7) is 4.15. The number of aryl methyl sites for hydroxylation is 1. The topological polar surface area (TPSA) is 64.9 Å². The van der Waals surface area contributed by atoms with Gasteiger partial charge in [-0.15, -0.1) is 0 Å². The van der Waals surface area contributed by atoms with Gasteiger partial charge in [-0.2, -0.15) is 23.3 Å². The van der Waals surface area contributed by atoms with Crippen molar-refractivity contribution >= 4 is 11.5 Å². The number of nitrogens with zero attached hydrogens (tertiary/aromatic N) is 4. The smallest absolute Gasteiger partial charge is 0.416 e. The van der Waals surface area contributed by atoms with Crippen molar-refractivity contribution in [3.8, 4) is 5.88 Å². The first kappa shape index (κ1) is 22.6. The summed E-state index contributed by atoms with van der Waals surface area (Å²) < 4.78 is 47.2. The lowest BCUT2D eigenvalue weighted by molar-refractivity contribution is -0.0883. The number of halogens is 3. The normalized spacial score (nSPS) is 17.7. The van der Waals surface area contributed by atoms with Crippen molar-refractivity contribution in [3.63, 3.8) is 0 Å². The Kier molecular flexibility index (Phi) is 7.14. The summed E-state index contributed by atoms with van der Waals surface area (Å²) in [4.78, 5) is 8.51. The molecule has 166 valence electrons. The highest BCUT2D eigenvalue weighted by molar-refractivity contribution is 5.74.